The Morgan fingerprint density at radius 1 is 1.18 bits per heavy atom. The molecule has 4 heterocycles. The minimum absolute atomic E-state index is 0.112. The highest BCUT2D eigenvalue weighted by molar-refractivity contribution is 5.82. The number of rotatable bonds is 5. The number of hydrogen-bond donors (Lipinski definition) is 2. The van der Waals surface area contributed by atoms with Gasteiger partial charge in [0.15, 0.2) is 5.82 Å². The van der Waals surface area contributed by atoms with Crippen LogP contribution in [0.1, 0.15) is 37.6 Å². The Morgan fingerprint density at radius 2 is 2.03 bits per heavy atom. The zero-order chi connectivity index (χ0) is 23.9. The van der Waals surface area contributed by atoms with E-state index in [1.165, 1.54) is 11.1 Å². The van der Waals surface area contributed by atoms with E-state index in [1.54, 1.807) is 17.0 Å². The number of anilines is 2. The minimum Gasteiger partial charge on any atom is -0.340 e. The smallest absolute Gasteiger partial charge is 0.276 e. The first-order valence-corrected chi connectivity index (χ1v) is 11.6. The van der Waals surface area contributed by atoms with Crippen LogP contribution < -0.4 is 16.2 Å². The summed E-state index contributed by atoms with van der Waals surface area (Å²) in [5.41, 5.74) is 5.16. The number of pyridine rings is 2. The molecule has 7 nitrogen and oxygen atoms in total. The lowest BCUT2D eigenvalue weighted by molar-refractivity contribution is 0.555. The number of hydrogen-bond acceptors (Lipinski definition) is 5. The highest BCUT2D eigenvalue weighted by atomic mass is 16.1. The molecule has 1 aromatic carbocycles. The van der Waals surface area contributed by atoms with Crippen molar-refractivity contribution in [3.63, 3.8) is 0 Å². The van der Waals surface area contributed by atoms with Crippen molar-refractivity contribution in [3.8, 4) is 5.82 Å². The average Bonchev–Trinajstić information content (AvgIpc) is 3.10. The fourth-order valence-electron chi connectivity index (χ4n) is 4.41. The van der Waals surface area contributed by atoms with Crippen LogP contribution in [0.2, 0.25) is 0 Å². The second-order valence-electron chi connectivity index (χ2n) is 9.74. The summed E-state index contributed by atoms with van der Waals surface area (Å²) in [5.74, 6) is 1.37. The SMILES string of the molecule is C=CCn1c(=O)c2cnc(Nc3ccc4c(c3)CCNC4)cc2n1-c1cccc(C(C)(C)C)n1. The van der Waals surface area contributed by atoms with Crippen LogP contribution >= 0.6 is 0 Å². The maximum atomic E-state index is 13.2. The third-order valence-electron chi connectivity index (χ3n) is 6.20. The molecule has 174 valence electrons. The van der Waals surface area contributed by atoms with Crippen molar-refractivity contribution in [1.82, 2.24) is 24.6 Å². The Kier molecular flexibility index (Phi) is 5.57. The highest BCUT2D eigenvalue weighted by Gasteiger charge is 2.20. The third kappa shape index (κ3) is 4.03. The van der Waals surface area contributed by atoms with Crippen molar-refractivity contribution in [3.05, 3.63) is 88.5 Å². The van der Waals surface area contributed by atoms with Gasteiger partial charge in [0.05, 0.1) is 17.4 Å². The zero-order valence-corrected chi connectivity index (χ0v) is 19.9. The normalized spacial score (nSPS) is 13.6. The Morgan fingerprint density at radius 3 is 2.82 bits per heavy atom. The Balaban J connectivity index is 1.62. The Labute approximate surface area is 199 Å². The van der Waals surface area contributed by atoms with E-state index in [0.29, 0.717) is 23.6 Å². The molecule has 0 saturated heterocycles. The first-order chi connectivity index (χ1) is 16.3. The number of nitrogens with zero attached hydrogens (tertiary/aromatic N) is 4. The number of benzene rings is 1. The van der Waals surface area contributed by atoms with Gasteiger partial charge in [-0.25, -0.2) is 19.3 Å². The van der Waals surface area contributed by atoms with Gasteiger partial charge in [-0.15, -0.1) is 6.58 Å². The average molecular weight is 455 g/mol. The van der Waals surface area contributed by atoms with Gasteiger partial charge in [0.25, 0.3) is 5.56 Å². The van der Waals surface area contributed by atoms with Crippen molar-refractivity contribution in [2.45, 2.75) is 45.7 Å². The molecule has 0 fully saturated rings. The van der Waals surface area contributed by atoms with Gasteiger partial charge in [0, 0.05) is 35.6 Å². The molecule has 0 bridgehead atoms. The zero-order valence-electron chi connectivity index (χ0n) is 19.9. The van der Waals surface area contributed by atoms with E-state index in [-0.39, 0.29) is 11.0 Å². The van der Waals surface area contributed by atoms with Gasteiger partial charge >= 0.3 is 0 Å². The Hall–Kier alpha value is -3.71. The summed E-state index contributed by atoms with van der Waals surface area (Å²) in [7, 11) is 0. The molecule has 0 saturated carbocycles. The van der Waals surface area contributed by atoms with Crippen molar-refractivity contribution in [2.75, 3.05) is 11.9 Å². The lowest BCUT2D eigenvalue weighted by atomic mass is 9.92. The van der Waals surface area contributed by atoms with Gasteiger partial charge in [0.1, 0.15) is 5.82 Å². The van der Waals surface area contributed by atoms with Crippen LogP contribution in [0.25, 0.3) is 16.7 Å². The molecule has 0 atom stereocenters. The van der Waals surface area contributed by atoms with Crippen LogP contribution in [0, 0.1) is 0 Å². The number of nitrogens with one attached hydrogen (secondary N) is 2. The van der Waals surface area contributed by atoms with Crippen molar-refractivity contribution in [2.24, 2.45) is 0 Å². The molecule has 5 rings (SSSR count). The molecule has 7 heteroatoms. The van der Waals surface area contributed by atoms with E-state index in [9.17, 15) is 4.79 Å². The summed E-state index contributed by atoms with van der Waals surface area (Å²) in [4.78, 5) is 22.7. The quantitative estimate of drug-likeness (QED) is 0.436. The fourth-order valence-corrected chi connectivity index (χ4v) is 4.41. The topological polar surface area (TPSA) is 76.8 Å². The summed E-state index contributed by atoms with van der Waals surface area (Å²) in [5, 5.41) is 7.38. The summed E-state index contributed by atoms with van der Waals surface area (Å²) in [6, 6.07) is 14.3. The molecular weight excluding hydrogens is 424 g/mol. The fraction of sp³-hybridized carbons (Fsp3) is 0.296. The molecule has 0 spiro atoms. The molecule has 4 aromatic rings. The van der Waals surface area contributed by atoms with Crippen LogP contribution in [-0.4, -0.2) is 25.9 Å². The van der Waals surface area contributed by atoms with Crippen molar-refractivity contribution >= 4 is 22.4 Å². The van der Waals surface area contributed by atoms with E-state index in [4.69, 9.17) is 4.98 Å². The molecule has 0 unspecified atom stereocenters. The summed E-state index contributed by atoms with van der Waals surface area (Å²) in [6.45, 7) is 12.5. The molecular formula is C27H30N6O. The van der Waals surface area contributed by atoms with Crippen molar-refractivity contribution in [1.29, 1.82) is 0 Å². The van der Waals surface area contributed by atoms with E-state index < -0.39 is 0 Å². The number of aromatic nitrogens is 4. The van der Waals surface area contributed by atoms with Crippen molar-refractivity contribution < 1.29 is 0 Å². The predicted molar refractivity (Wildman–Crippen MR) is 137 cm³/mol. The predicted octanol–water partition coefficient (Wildman–Crippen LogP) is 4.46. The van der Waals surface area contributed by atoms with E-state index in [1.807, 2.05) is 28.9 Å². The molecule has 3 aromatic heterocycles. The van der Waals surface area contributed by atoms with Gasteiger partial charge in [-0.05, 0) is 48.4 Å². The number of allylic oxidation sites excluding steroid dienone is 1. The standard InChI is InChI=1S/C27H30N6O/c1-5-13-32-26(34)21-17-29-24(30-20-10-9-19-16-28-12-11-18(19)14-20)15-22(21)33(32)25-8-6-7-23(31-25)27(2,3)4/h5-10,14-15,17,28H,1,11-13,16H2,2-4H3,(H,29,30). The molecule has 1 aliphatic rings. The van der Waals surface area contributed by atoms with E-state index in [0.717, 1.165) is 36.4 Å². The summed E-state index contributed by atoms with van der Waals surface area (Å²) >= 11 is 0. The van der Waals surface area contributed by atoms with Gasteiger partial charge in [-0.1, -0.05) is 39.0 Å². The molecule has 0 radical (unpaired) electrons. The third-order valence-corrected chi connectivity index (χ3v) is 6.20. The van der Waals surface area contributed by atoms with Crippen LogP contribution in [0.5, 0.6) is 0 Å². The molecule has 34 heavy (non-hydrogen) atoms. The number of fused-ring (bicyclic) bond motifs is 2. The molecule has 2 N–H and O–H groups in total. The lowest BCUT2D eigenvalue weighted by Gasteiger charge is -2.19. The monoisotopic (exact) mass is 454 g/mol. The molecule has 1 aliphatic heterocycles. The lowest BCUT2D eigenvalue weighted by Crippen LogP contribution is -2.23. The second kappa shape index (κ2) is 8.57. The highest BCUT2D eigenvalue weighted by Crippen LogP contribution is 2.26. The van der Waals surface area contributed by atoms with Crippen LogP contribution in [0.4, 0.5) is 11.5 Å². The second-order valence-corrected chi connectivity index (χ2v) is 9.74. The van der Waals surface area contributed by atoms with Gasteiger partial charge in [-0.2, -0.15) is 0 Å². The van der Waals surface area contributed by atoms with E-state index >= 15 is 0 Å². The Bertz CT molecular complexity index is 1440. The van der Waals surface area contributed by atoms with Crippen LogP contribution in [-0.2, 0) is 24.9 Å². The maximum Gasteiger partial charge on any atom is 0.276 e. The van der Waals surface area contributed by atoms with Gasteiger partial charge < -0.3 is 10.6 Å². The summed E-state index contributed by atoms with van der Waals surface area (Å²) < 4.78 is 3.53. The molecule has 0 aliphatic carbocycles. The van der Waals surface area contributed by atoms with E-state index in [2.05, 4.69) is 61.2 Å². The van der Waals surface area contributed by atoms with Gasteiger partial charge in [0.2, 0.25) is 0 Å². The first kappa shape index (κ1) is 22.1. The largest absolute Gasteiger partial charge is 0.340 e. The van der Waals surface area contributed by atoms with Crippen LogP contribution in [0.15, 0.2) is 66.1 Å². The van der Waals surface area contributed by atoms with Crippen LogP contribution in [0.3, 0.4) is 0 Å². The maximum absolute atomic E-state index is 13.2. The first-order valence-electron chi connectivity index (χ1n) is 11.6. The van der Waals surface area contributed by atoms with Gasteiger partial charge in [-0.3, -0.25) is 4.79 Å². The minimum atomic E-state index is -0.113. The summed E-state index contributed by atoms with van der Waals surface area (Å²) in [6.07, 6.45) is 4.38. The molecule has 0 amide bonds.